The lowest BCUT2D eigenvalue weighted by molar-refractivity contribution is 0.0901. The number of nitrogens with zero attached hydrogens (tertiary/aromatic N) is 1. The quantitative estimate of drug-likeness (QED) is 0.378. The standard InChI is InChI=1S/C15H21BrN2O2/c1-2-10-6-3-4-8-12(10)20-13-9-5-7-11(16)14(13)15(17)18-19/h5,7,9-10,12,19H,2-4,6,8H2,1H3,(H2,17,18). The molecule has 1 aromatic rings. The number of hydrogen-bond donors (Lipinski definition) is 2. The minimum absolute atomic E-state index is 0.0660. The molecule has 0 heterocycles. The van der Waals surface area contributed by atoms with Gasteiger partial charge in [-0.3, -0.25) is 0 Å². The Bertz CT molecular complexity index is 491. The van der Waals surface area contributed by atoms with E-state index in [0.717, 1.165) is 17.3 Å². The highest BCUT2D eigenvalue weighted by molar-refractivity contribution is 9.10. The molecule has 2 unspecified atom stereocenters. The van der Waals surface area contributed by atoms with Gasteiger partial charge in [-0.25, -0.2) is 0 Å². The lowest BCUT2D eigenvalue weighted by atomic mass is 9.84. The van der Waals surface area contributed by atoms with Gasteiger partial charge in [0.15, 0.2) is 5.84 Å². The van der Waals surface area contributed by atoms with E-state index in [9.17, 15) is 0 Å². The zero-order chi connectivity index (χ0) is 14.5. The van der Waals surface area contributed by atoms with E-state index < -0.39 is 0 Å². The third-order valence-corrected chi connectivity index (χ3v) is 4.64. The second-order valence-corrected chi connectivity index (χ2v) is 6.06. The minimum Gasteiger partial charge on any atom is -0.489 e. The van der Waals surface area contributed by atoms with Crippen molar-refractivity contribution >= 4 is 21.8 Å². The lowest BCUT2D eigenvalue weighted by Crippen LogP contribution is -2.31. The smallest absolute Gasteiger partial charge is 0.174 e. The second kappa shape index (κ2) is 6.97. The van der Waals surface area contributed by atoms with Crippen LogP contribution in [-0.2, 0) is 0 Å². The van der Waals surface area contributed by atoms with Gasteiger partial charge in [0.2, 0.25) is 0 Å². The van der Waals surface area contributed by atoms with E-state index in [-0.39, 0.29) is 11.9 Å². The van der Waals surface area contributed by atoms with Crippen molar-refractivity contribution in [2.24, 2.45) is 16.8 Å². The lowest BCUT2D eigenvalue weighted by Gasteiger charge is -2.31. The molecule has 2 rings (SSSR count). The van der Waals surface area contributed by atoms with E-state index in [1.54, 1.807) is 0 Å². The predicted molar refractivity (Wildman–Crippen MR) is 83.3 cm³/mol. The number of halogens is 1. The monoisotopic (exact) mass is 340 g/mol. The van der Waals surface area contributed by atoms with Gasteiger partial charge in [-0.1, -0.05) is 24.6 Å². The van der Waals surface area contributed by atoms with Gasteiger partial charge < -0.3 is 15.7 Å². The van der Waals surface area contributed by atoms with Crippen molar-refractivity contribution in [3.05, 3.63) is 28.2 Å². The van der Waals surface area contributed by atoms with Crippen LogP contribution in [0.3, 0.4) is 0 Å². The summed E-state index contributed by atoms with van der Waals surface area (Å²) in [5.41, 5.74) is 6.38. The number of amidine groups is 1. The minimum atomic E-state index is 0.0660. The Morgan fingerprint density at radius 1 is 1.45 bits per heavy atom. The zero-order valence-electron chi connectivity index (χ0n) is 11.7. The van der Waals surface area contributed by atoms with E-state index in [1.807, 2.05) is 18.2 Å². The fourth-order valence-electron chi connectivity index (χ4n) is 2.86. The van der Waals surface area contributed by atoms with Crippen molar-refractivity contribution in [2.45, 2.75) is 45.1 Å². The maximum absolute atomic E-state index is 8.93. The Kier molecular flexibility index (Phi) is 5.29. The molecule has 0 bridgehead atoms. The molecule has 2 atom stereocenters. The number of nitrogens with two attached hydrogens (primary N) is 1. The second-order valence-electron chi connectivity index (χ2n) is 5.21. The highest BCUT2D eigenvalue weighted by Gasteiger charge is 2.26. The first-order valence-electron chi connectivity index (χ1n) is 7.10. The van der Waals surface area contributed by atoms with Crippen molar-refractivity contribution in [3.8, 4) is 5.75 Å². The molecule has 0 radical (unpaired) electrons. The highest BCUT2D eigenvalue weighted by atomic mass is 79.9. The molecule has 3 N–H and O–H groups in total. The van der Waals surface area contributed by atoms with Crippen molar-refractivity contribution in [2.75, 3.05) is 0 Å². The maximum atomic E-state index is 8.93. The number of ether oxygens (including phenoxy) is 1. The zero-order valence-corrected chi connectivity index (χ0v) is 13.3. The molecule has 4 nitrogen and oxygen atoms in total. The molecule has 0 amide bonds. The largest absolute Gasteiger partial charge is 0.489 e. The van der Waals surface area contributed by atoms with Gasteiger partial charge in [-0.05, 0) is 59.7 Å². The SMILES string of the molecule is CCC1CCCCC1Oc1cccc(Br)c1/C(N)=N/O. The van der Waals surface area contributed by atoms with E-state index >= 15 is 0 Å². The summed E-state index contributed by atoms with van der Waals surface area (Å²) in [6.07, 6.45) is 6.11. The third kappa shape index (κ3) is 3.26. The highest BCUT2D eigenvalue weighted by Crippen LogP contribution is 2.33. The van der Waals surface area contributed by atoms with Gasteiger partial charge in [0.05, 0.1) is 5.56 Å². The fourth-order valence-corrected chi connectivity index (χ4v) is 3.41. The predicted octanol–water partition coefficient (Wildman–Crippen LogP) is 3.89. The Morgan fingerprint density at radius 2 is 2.20 bits per heavy atom. The Labute approximate surface area is 128 Å². The summed E-state index contributed by atoms with van der Waals surface area (Å²) >= 11 is 3.43. The molecule has 110 valence electrons. The van der Waals surface area contributed by atoms with Gasteiger partial charge in [0.1, 0.15) is 11.9 Å². The fraction of sp³-hybridized carbons (Fsp3) is 0.533. The summed E-state index contributed by atoms with van der Waals surface area (Å²) < 4.78 is 6.96. The van der Waals surface area contributed by atoms with Crippen LogP contribution in [0.25, 0.3) is 0 Å². The number of hydrogen-bond acceptors (Lipinski definition) is 3. The average molecular weight is 341 g/mol. The molecule has 1 fully saturated rings. The molecule has 0 saturated heterocycles. The summed E-state index contributed by atoms with van der Waals surface area (Å²) in [5.74, 6) is 1.33. The summed E-state index contributed by atoms with van der Waals surface area (Å²) in [6, 6.07) is 5.63. The summed E-state index contributed by atoms with van der Waals surface area (Å²) in [7, 11) is 0. The van der Waals surface area contributed by atoms with E-state index in [1.165, 1.54) is 19.3 Å². The molecule has 1 aliphatic carbocycles. The molecular weight excluding hydrogens is 320 g/mol. The summed E-state index contributed by atoms with van der Waals surface area (Å²) in [6.45, 7) is 2.21. The molecule has 0 aliphatic heterocycles. The molecule has 20 heavy (non-hydrogen) atoms. The van der Waals surface area contributed by atoms with Crippen LogP contribution in [0.5, 0.6) is 5.75 Å². The third-order valence-electron chi connectivity index (χ3n) is 3.98. The first-order chi connectivity index (χ1) is 9.67. The van der Waals surface area contributed by atoms with Gasteiger partial charge in [0, 0.05) is 4.47 Å². The molecule has 1 saturated carbocycles. The van der Waals surface area contributed by atoms with Crippen LogP contribution in [0, 0.1) is 5.92 Å². The van der Waals surface area contributed by atoms with Crippen LogP contribution in [-0.4, -0.2) is 17.1 Å². The van der Waals surface area contributed by atoms with Crippen LogP contribution in [0.15, 0.2) is 27.8 Å². The molecular formula is C15H21BrN2O2. The Morgan fingerprint density at radius 3 is 2.90 bits per heavy atom. The van der Waals surface area contributed by atoms with Gasteiger partial charge in [-0.15, -0.1) is 0 Å². The average Bonchev–Trinajstić information content (AvgIpc) is 2.47. The first kappa shape index (κ1) is 15.2. The number of benzene rings is 1. The van der Waals surface area contributed by atoms with E-state index in [4.69, 9.17) is 15.7 Å². The summed E-state index contributed by atoms with van der Waals surface area (Å²) in [4.78, 5) is 0. The van der Waals surface area contributed by atoms with Crippen LogP contribution in [0.4, 0.5) is 0 Å². The van der Waals surface area contributed by atoms with E-state index in [2.05, 4.69) is 28.0 Å². The van der Waals surface area contributed by atoms with Crippen molar-refractivity contribution in [3.63, 3.8) is 0 Å². The normalized spacial score (nSPS) is 23.6. The molecule has 0 aromatic heterocycles. The first-order valence-corrected chi connectivity index (χ1v) is 7.89. The van der Waals surface area contributed by atoms with Crippen LogP contribution >= 0.6 is 15.9 Å². The maximum Gasteiger partial charge on any atom is 0.174 e. The summed E-state index contributed by atoms with van der Waals surface area (Å²) in [5, 5.41) is 12.0. The molecule has 0 spiro atoms. The molecule has 5 heteroatoms. The van der Waals surface area contributed by atoms with Crippen LogP contribution in [0.1, 0.15) is 44.6 Å². The van der Waals surface area contributed by atoms with Crippen LogP contribution in [0.2, 0.25) is 0 Å². The molecule has 1 aliphatic rings. The van der Waals surface area contributed by atoms with Gasteiger partial charge in [0.25, 0.3) is 0 Å². The Balaban J connectivity index is 2.26. The van der Waals surface area contributed by atoms with Crippen molar-refractivity contribution in [1.29, 1.82) is 0 Å². The van der Waals surface area contributed by atoms with Crippen molar-refractivity contribution < 1.29 is 9.94 Å². The van der Waals surface area contributed by atoms with E-state index in [0.29, 0.717) is 17.2 Å². The van der Waals surface area contributed by atoms with Crippen LogP contribution < -0.4 is 10.5 Å². The molecule has 1 aromatic carbocycles. The number of oxime groups is 1. The van der Waals surface area contributed by atoms with Gasteiger partial charge in [-0.2, -0.15) is 0 Å². The van der Waals surface area contributed by atoms with Crippen molar-refractivity contribution in [1.82, 2.24) is 0 Å². The van der Waals surface area contributed by atoms with Gasteiger partial charge >= 0.3 is 0 Å². The number of rotatable bonds is 4. The Hall–Kier alpha value is -1.23. The topological polar surface area (TPSA) is 67.8 Å².